The van der Waals surface area contributed by atoms with Crippen LogP contribution in [0.15, 0.2) is 71.1 Å². The Bertz CT molecular complexity index is 1230. The Hall–Kier alpha value is -3.08. The maximum atomic E-state index is 12.8. The van der Waals surface area contributed by atoms with Crippen LogP contribution in [0.4, 0.5) is 5.69 Å². The molecule has 1 aromatic heterocycles. The predicted molar refractivity (Wildman–Crippen MR) is 115 cm³/mol. The molecule has 0 aliphatic carbocycles. The van der Waals surface area contributed by atoms with Crippen LogP contribution in [-0.2, 0) is 0 Å². The van der Waals surface area contributed by atoms with Gasteiger partial charge in [-0.15, -0.1) is 0 Å². The van der Waals surface area contributed by atoms with Crippen molar-refractivity contribution in [3.8, 4) is 0 Å². The fourth-order valence-corrected chi connectivity index (χ4v) is 3.30. The molecule has 0 atom stereocenters. The van der Waals surface area contributed by atoms with Gasteiger partial charge in [-0.25, -0.2) is 0 Å². The average Bonchev–Trinajstić information content (AvgIpc) is 3.05. The van der Waals surface area contributed by atoms with E-state index in [0.29, 0.717) is 38.0 Å². The molecular formula is C23H15Cl2NO3. The van der Waals surface area contributed by atoms with E-state index in [1.165, 1.54) is 0 Å². The van der Waals surface area contributed by atoms with Gasteiger partial charge in [0, 0.05) is 37.8 Å². The van der Waals surface area contributed by atoms with E-state index in [2.05, 4.69) is 5.32 Å². The summed E-state index contributed by atoms with van der Waals surface area (Å²) in [6.07, 6.45) is 0. The van der Waals surface area contributed by atoms with Crippen LogP contribution >= 0.6 is 23.2 Å². The molecule has 0 spiro atoms. The van der Waals surface area contributed by atoms with Crippen LogP contribution in [0.25, 0.3) is 11.0 Å². The molecular weight excluding hydrogens is 409 g/mol. The largest absolute Gasteiger partial charge is 0.452 e. The molecule has 0 saturated heterocycles. The molecule has 0 radical (unpaired) electrons. The van der Waals surface area contributed by atoms with Crippen molar-refractivity contribution in [3.63, 3.8) is 0 Å². The highest BCUT2D eigenvalue weighted by Crippen LogP contribution is 2.30. The van der Waals surface area contributed by atoms with Crippen molar-refractivity contribution in [1.29, 1.82) is 0 Å². The first-order valence-corrected chi connectivity index (χ1v) is 9.58. The molecule has 1 heterocycles. The minimum Gasteiger partial charge on any atom is -0.452 e. The van der Waals surface area contributed by atoms with E-state index in [1.807, 2.05) is 6.92 Å². The first kappa shape index (κ1) is 19.2. The number of nitrogens with one attached hydrogen (secondary N) is 1. The van der Waals surface area contributed by atoms with Crippen LogP contribution in [-0.4, -0.2) is 11.7 Å². The zero-order valence-corrected chi connectivity index (χ0v) is 16.8. The van der Waals surface area contributed by atoms with E-state index in [-0.39, 0.29) is 17.5 Å². The summed E-state index contributed by atoms with van der Waals surface area (Å²) in [7, 11) is 0. The number of furan rings is 1. The molecule has 0 aliphatic heterocycles. The molecule has 0 unspecified atom stereocenters. The normalized spacial score (nSPS) is 10.9. The number of carbonyl (C=O) groups is 2. The molecule has 3 aromatic carbocycles. The van der Waals surface area contributed by atoms with Gasteiger partial charge in [0.1, 0.15) is 5.58 Å². The molecule has 4 rings (SSSR count). The summed E-state index contributed by atoms with van der Waals surface area (Å²) in [6, 6.07) is 18.5. The Morgan fingerprint density at radius 2 is 1.41 bits per heavy atom. The molecule has 1 amide bonds. The standard InChI is InChI=1S/C23H15Cl2NO3/c1-13-19-12-18(26-23(28)15-4-8-17(25)9-5-15)10-11-20(19)29-22(13)21(27)14-2-6-16(24)7-3-14/h2-12H,1H3,(H,26,28). The van der Waals surface area contributed by atoms with E-state index in [9.17, 15) is 9.59 Å². The van der Waals surface area contributed by atoms with Crippen molar-refractivity contribution in [2.75, 3.05) is 5.32 Å². The van der Waals surface area contributed by atoms with Crippen LogP contribution in [0.2, 0.25) is 10.0 Å². The van der Waals surface area contributed by atoms with Gasteiger partial charge >= 0.3 is 0 Å². The number of rotatable bonds is 4. The molecule has 4 aromatic rings. The number of fused-ring (bicyclic) bond motifs is 1. The second-order valence-electron chi connectivity index (χ2n) is 6.56. The lowest BCUT2D eigenvalue weighted by Crippen LogP contribution is -2.11. The molecule has 29 heavy (non-hydrogen) atoms. The summed E-state index contributed by atoms with van der Waals surface area (Å²) in [5.74, 6) is -0.203. The summed E-state index contributed by atoms with van der Waals surface area (Å²) in [4.78, 5) is 25.2. The number of anilines is 1. The van der Waals surface area contributed by atoms with Crippen molar-refractivity contribution in [2.45, 2.75) is 6.92 Å². The monoisotopic (exact) mass is 423 g/mol. The van der Waals surface area contributed by atoms with Gasteiger partial charge in [0.2, 0.25) is 5.78 Å². The van der Waals surface area contributed by atoms with Crippen molar-refractivity contribution < 1.29 is 14.0 Å². The second kappa shape index (κ2) is 7.74. The van der Waals surface area contributed by atoms with E-state index < -0.39 is 0 Å². The van der Waals surface area contributed by atoms with E-state index >= 15 is 0 Å². The van der Waals surface area contributed by atoms with Crippen LogP contribution in [0.1, 0.15) is 32.0 Å². The molecule has 4 nitrogen and oxygen atoms in total. The number of carbonyl (C=O) groups excluding carboxylic acids is 2. The Labute approximate surface area is 177 Å². The fraction of sp³-hybridized carbons (Fsp3) is 0.0435. The van der Waals surface area contributed by atoms with Crippen molar-refractivity contribution >= 4 is 51.5 Å². The predicted octanol–water partition coefficient (Wildman–Crippen LogP) is 6.53. The SMILES string of the molecule is Cc1c(C(=O)c2ccc(Cl)cc2)oc2ccc(NC(=O)c3ccc(Cl)cc3)cc12. The van der Waals surface area contributed by atoms with Gasteiger partial charge < -0.3 is 9.73 Å². The number of ketones is 1. The van der Waals surface area contributed by atoms with Gasteiger partial charge in [0.05, 0.1) is 0 Å². The average molecular weight is 424 g/mol. The van der Waals surface area contributed by atoms with E-state index in [0.717, 1.165) is 5.39 Å². The van der Waals surface area contributed by atoms with Crippen LogP contribution in [0.3, 0.4) is 0 Å². The molecule has 0 aliphatic rings. The summed E-state index contributed by atoms with van der Waals surface area (Å²) < 4.78 is 5.79. The first-order valence-electron chi connectivity index (χ1n) is 8.83. The topological polar surface area (TPSA) is 59.3 Å². The number of aryl methyl sites for hydroxylation is 1. The summed E-state index contributed by atoms with van der Waals surface area (Å²) in [5.41, 5.74) is 2.88. The molecule has 0 saturated carbocycles. The molecule has 1 N–H and O–H groups in total. The first-order chi connectivity index (χ1) is 13.9. The molecule has 0 fully saturated rings. The van der Waals surface area contributed by atoms with Gasteiger partial charge in [-0.1, -0.05) is 23.2 Å². The van der Waals surface area contributed by atoms with Gasteiger partial charge in [-0.3, -0.25) is 9.59 Å². The van der Waals surface area contributed by atoms with Gasteiger partial charge in [-0.05, 0) is 73.7 Å². The maximum Gasteiger partial charge on any atom is 0.255 e. The van der Waals surface area contributed by atoms with Gasteiger partial charge in [0.25, 0.3) is 5.91 Å². The fourth-order valence-electron chi connectivity index (χ4n) is 3.05. The van der Waals surface area contributed by atoms with Crippen molar-refractivity contribution in [2.24, 2.45) is 0 Å². The van der Waals surface area contributed by atoms with E-state index in [1.54, 1.807) is 66.7 Å². The van der Waals surface area contributed by atoms with Crippen LogP contribution in [0, 0.1) is 6.92 Å². The zero-order valence-electron chi connectivity index (χ0n) is 15.3. The Kier molecular flexibility index (Phi) is 5.14. The summed E-state index contributed by atoms with van der Waals surface area (Å²) in [6.45, 7) is 1.82. The quantitative estimate of drug-likeness (QED) is 0.379. The lowest BCUT2D eigenvalue weighted by Gasteiger charge is -2.05. The highest BCUT2D eigenvalue weighted by Gasteiger charge is 2.20. The molecule has 144 valence electrons. The Balaban J connectivity index is 1.63. The number of benzene rings is 3. The summed E-state index contributed by atoms with van der Waals surface area (Å²) in [5, 5.41) is 4.73. The smallest absolute Gasteiger partial charge is 0.255 e. The maximum absolute atomic E-state index is 12.8. The third-order valence-electron chi connectivity index (χ3n) is 4.61. The van der Waals surface area contributed by atoms with E-state index in [4.69, 9.17) is 27.6 Å². The lowest BCUT2D eigenvalue weighted by molar-refractivity contribution is 0.101. The minimum atomic E-state index is -0.250. The second-order valence-corrected chi connectivity index (χ2v) is 7.44. The Morgan fingerprint density at radius 1 is 0.828 bits per heavy atom. The Morgan fingerprint density at radius 3 is 2.03 bits per heavy atom. The number of amides is 1. The minimum absolute atomic E-state index is 0.220. The lowest BCUT2D eigenvalue weighted by atomic mass is 10.0. The van der Waals surface area contributed by atoms with Gasteiger partial charge in [0.15, 0.2) is 5.76 Å². The molecule has 6 heteroatoms. The van der Waals surface area contributed by atoms with Crippen LogP contribution < -0.4 is 5.32 Å². The molecule has 0 bridgehead atoms. The third-order valence-corrected chi connectivity index (χ3v) is 5.12. The highest BCUT2D eigenvalue weighted by molar-refractivity contribution is 6.31. The number of hydrogen-bond acceptors (Lipinski definition) is 3. The van der Waals surface area contributed by atoms with Crippen molar-refractivity contribution in [3.05, 3.63) is 99.2 Å². The third kappa shape index (κ3) is 3.90. The number of halogens is 2. The van der Waals surface area contributed by atoms with Gasteiger partial charge in [-0.2, -0.15) is 0 Å². The zero-order chi connectivity index (χ0) is 20.5. The summed E-state index contributed by atoms with van der Waals surface area (Å²) >= 11 is 11.8. The highest BCUT2D eigenvalue weighted by atomic mass is 35.5. The van der Waals surface area contributed by atoms with Crippen LogP contribution in [0.5, 0.6) is 0 Å². The van der Waals surface area contributed by atoms with Crippen molar-refractivity contribution in [1.82, 2.24) is 0 Å². The number of hydrogen-bond donors (Lipinski definition) is 1.